The molecular formula is C13H20N4. The predicted molar refractivity (Wildman–Crippen MR) is 69.9 cm³/mol. The Morgan fingerprint density at radius 2 is 2.18 bits per heavy atom. The summed E-state index contributed by atoms with van der Waals surface area (Å²) in [6, 6.07) is 8.09. The number of hydrogen-bond acceptors (Lipinski definition) is 3. The normalized spacial score (nSPS) is 13.1. The van der Waals surface area contributed by atoms with Gasteiger partial charge in [-0.05, 0) is 37.6 Å². The van der Waals surface area contributed by atoms with Crippen LogP contribution in [-0.2, 0) is 6.54 Å². The van der Waals surface area contributed by atoms with Crippen molar-refractivity contribution in [3.05, 3.63) is 24.3 Å². The average molecular weight is 232 g/mol. The number of benzene rings is 1. The number of aromatic nitrogens is 3. The lowest BCUT2D eigenvalue weighted by Crippen LogP contribution is -2.25. The van der Waals surface area contributed by atoms with Crippen molar-refractivity contribution in [2.24, 2.45) is 5.92 Å². The molecule has 4 heteroatoms. The summed E-state index contributed by atoms with van der Waals surface area (Å²) in [6.45, 7) is 7.45. The Morgan fingerprint density at radius 3 is 3.00 bits per heavy atom. The number of nitrogens with zero attached hydrogens (tertiary/aromatic N) is 3. The molecule has 1 heterocycles. The van der Waals surface area contributed by atoms with Crippen LogP contribution in [0.3, 0.4) is 0 Å². The number of para-hydroxylation sites is 1. The van der Waals surface area contributed by atoms with Crippen molar-refractivity contribution in [1.29, 1.82) is 0 Å². The third kappa shape index (κ3) is 3.03. The zero-order valence-electron chi connectivity index (χ0n) is 10.6. The second-order valence-corrected chi connectivity index (χ2v) is 4.57. The van der Waals surface area contributed by atoms with Gasteiger partial charge in [0.2, 0.25) is 0 Å². The van der Waals surface area contributed by atoms with Crippen LogP contribution in [0, 0.1) is 5.92 Å². The lowest BCUT2D eigenvalue weighted by atomic mass is 10.2. The van der Waals surface area contributed by atoms with Crippen molar-refractivity contribution in [2.75, 3.05) is 13.1 Å². The Balaban J connectivity index is 1.98. The lowest BCUT2D eigenvalue weighted by molar-refractivity contribution is 0.423. The van der Waals surface area contributed by atoms with Gasteiger partial charge in [0.15, 0.2) is 0 Å². The topological polar surface area (TPSA) is 42.7 Å². The molecule has 2 aromatic rings. The zero-order valence-corrected chi connectivity index (χ0v) is 10.6. The number of hydrogen-bond donors (Lipinski definition) is 1. The van der Waals surface area contributed by atoms with E-state index in [0.29, 0.717) is 5.92 Å². The molecule has 0 aliphatic carbocycles. The molecule has 0 fully saturated rings. The first-order valence-corrected chi connectivity index (χ1v) is 6.30. The van der Waals surface area contributed by atoms with Crippen molar-refractivity contribution in [3.8, 4) is 0 Å². The molecule has 0 aliphatic heterocycles. The van der Waals surface area contributed by atoms with Crippen molar-refractivity contribution < 1.29 is 0 Å². The molecule has 4 nitrogen and oxygen atoms in total. The molecule has 1 aromatic heterocycles. The molecule has 0 saturated carbocycles. The van der Waals surface area contributed by atoms with Gasteiger partial charge >= 0.3 is 0 Å². The molecule has 0 saturated heterocycles. The molecule has 1 aromatic carbocycles. The minimum absolute atomic E-state index is 0.562. The summed E-state index contributed by atoms with van der Waals surface area (Å²) in [5.41, 5.74) is 2.09. The molecule has 0 radical (unpaired) electrons. The third-order valence-corrected chi connectivity index (χ3v) is 2.82. The van der Waals surface area contributed by atoms with E-state index in [-0.39, 0.29) is 0 Å². The molecule has 1 atom stereocenters. The molecule has 2 rings (SSSR count). The van der Waals surface area contributed by atoms with Crippen LogP contribution in [0.2, 0.25) is 0 Å². The largest absolute Gasteiger partial charge is 0.316 e. The first-order chi connectivity index (χ1) is 8.31. The summed E-state index contributed by atoms with van der Waals surface area (Å²) in [5, 5.41) is 11.8. The highest BCUT2D eigenvalue weighted by molar-refractivity contribution is 5.73. The third-order valence-electron chi connectivity index (χ3n) is 2.82. The van der Waals surface area contributed by atoms with E-state index in [1.807, 2.05) is 22.9 Å². The first-order valence-electron chi connectivity index (χ1n) is 6.30. The molecule has 1 N–H and O–H groups in total. The number of fused-ring (bicyclic) bond motifs is 1. The summed E-state index contributed by atoms with van der Waals surface area (Å²) >= 11 is 0. The van der Waals surface area contributed by atoms with E-state index in [2.05, 4.69) is 35.5 Å². The zero-order chi connectivity index (χ0) is 12.1. The number of rotatable bonds is 6. The highest BCUT2D eigenvalue weighted by atomic mass is 15.4. The molecule has 0 amide bonds. The van der Waals surface area contributed by atoms with Gasteiger partial charge in [-0.15, -0.1) is 5.10 Å². The van der Waals surface area contributed by atoms with Gasteiger partial charge in [-0.2, -0.15) is 0 Å². The van der Waals surface area contributed by atoms with E-state index < -0.39 is 0 Å². The molecule has 1 unspecified atom stereocenters. The second-order valence-electron chi connectivity index (χ2n) is 4.57. The van der Waals surface area contributed by atoms with Crippen molar-refractivity contribution in [1.82, 2.24) is 20.3 Å². The minimum atomic E-state index is 0.562. The molecule has 0 bridgehead atoms. The van der Waals surface area contributed by atoms with Gasteiger partial charge in [0.05, 0.1) is 5.52 Å². The highest BCUT2D eigenvalue weighted by Crippen LogP contribution is 2.11. The van der Waals surface area contributed by atoms with E-state index in [9.17, 15) is 0 Å². The van der Waals surface area contributed by atoms with Crippen LogP contribution in [0.15, 0.2) is 24.3 Å². The van der Waals surface area contributed by atoms with E-state index in [4.69, 9.17) is 0 Å². The standard InChI is InChI=1S/C13H20N4/c1-3-8-14-9-11(2)10-17-13-7-5-4-6-12(13)15-16-17/h4-7,11,14H,3,8-10H2,1-2H3. The molecule has 0 aliphatic rings. The molecule has 92 valence electrons. The Labute approximate surface area is 102 Å². The Bertz CT molecular complexity index is 463. The summed E-state index contributed by atoms with van der Waals surface area (Å²) < 4.78 is 1.99. The smallest absolute Gasteiger partial charge is 0.113 e. The van der Waals surface area contributed by atoms with Crippen LogP contribution in [0.25, 0.3) is 11.0 Å². The van der Waals surface area contributed by atoms with Crippen LogP contribution in [0.4, 0.5) is 0 Å². The Kier molecular flexibility index (Phi) is 4.09. The van der Waals surface area contributed by atoms with E-state index in [1.165, 1.54) is 6.42 Å². The summed E-state index contributed by atoms with van der Waals surface area (Å²) in [5.74, 6) is 0.562. The van der Waals surface area contributed by atoms with Gasteiger partial charge < -0.3 is 5.32 Å². The molecule has 17 heavy (non-hydrogen) atoms. The fraction of sp³-hybridized carbons (Fsp3) is 0.538. The van der Waals surface area contributed by atoms with Gasteiger partial charge in [0.1, 0.15) is 5.52 Å². The van der Waals surface area contributed by atoms with E-state index in [1.54, 1.807) is 0 Å². The fourth-order valence-corrected chi connectivity index (χ4v) is 1.94. The minimum Gasteiger partial charge on any atom is -0.316 e. The van der Waals surface area contributed by atoms with Crippen LogP contribution in [-0.4, -0.2) is 28.1 Å². The van der Waals surface area contributed by atoms with Gasteiger partial charge in [0.25, 0.3) is 0 Å². The molecular weight excluding hydrogens is 212 g/mol. The Hall–Kier alpha value is -1.42. The SMILES string of the molecule is CCCNCC(C)Cn1nnc2ccccc21. The van der Waals surface area contributed by atoms with Crippen molar-refractivity contribution in [3.63, 3.8) is 0 Å². The Morgan fingerprint density at radius 1 is 1.35 bits per heavy atom. The van der Waals surface area contributed by atoms with Crippen LogP contribution < -0.4 is 5.32 Å². The van der Waals surface area contributed by atoms with Gasteiger partial charge in [-0.3, -0.25) is 0 Å². The summed E-state index contributed by atoms with van der Waals surface area (Å²) in [7, 11) is 0. The number of nitrogens with one attached hydrogen (secondary N) is 1. The predicted octanol–water partition coefficient (Wildman–Crippen LogP) is 2.07. The quantitative estimate of drug-likeness (QED) is 0.775. The van der Waals surface area contributed by atoms with Crippen molar-refractivity contribution in [2.45, 2.75) is 26.8 Å². The van der Waals surface area contributed by atoms with Crippen LogP contribution >= 0.6 is 0 Å². The maximum atomic E-state index is 4.20. The lowest BCUT2D eigenvalue weighted by Gasteiger charge is -2.12. The van der Waals surface area contributed by atoms with E-state index >= 15 is 0 Å². The maximum absolute atomic E-state index is 4.20. The second kappa shape index (κ2) is 5.77. The van der Waals surface area contributed by atoms with Gasteiger partial charge in [0, 0.05) is 6.54 Å². The van der Waals surface area contributed by atoms with Gasteiger partial charge in [-0.1, -0.05) is 31.2 Å². The summed E-state index contributed by atoms with van der Waals surface area (Å²) in [4.78, 5) is 0. The fourth-order valence-electron chi connectivity index (χ4n) is 1.94. The maximum Gasteiger partial charge on any atom is 0.113 e. The van der Waals surface area contributed by atoms with Crippen LogP contribution in [0.1, 0.15) is 20.3 Å². The van der Waals surface area contributed by atoms with Gasteiger partial charge in [-0.25, -0.2) is 4.68 Å². The monoisotopic (exact) mass is 232 g/mol. The highest BCUT2D eigenvalue weighted by Gasteiger charge is 2.07. The van der Waals surface area contributed by atoms with Crippen molar-refractivity contribution >= 4 is 11.0 Å². The summed E-state index contributed by atoms with van der Waals surface area (Å²) in [6.07, 6.45) is 1.18. The average Bonchev–Trinajstić information content (AvgIpc) is 2.73. The molecule has 0 spiro atoms. The van der Waals surface area contributed by atoms with Crippen LogP contribution in [0.5, 0.6) is 0 Å². The first kappa shape index (κ1) is 12.0. The van der Waals surface area contributed by atoms with E-state index in [0.717, 1.165) is 30.7 Å².